The van der Waals surface area contributed by atoms with Crippen molar-refractivity contribution in [3.05, 3.63) is 65.9 Å². The molecule has 9 nitrogen and oxygen atoms in total. The van der Waals surface area contributed by atoms with E-state index in [-0.39, 0.29) is 12.4 Å². The zero-order chi connectivity index (χ0) is 23.4. The van der Waals surface area contributed by atoms with Crippen molar-refractivity contribution in [3.8, 4) is 33.9 Å². The predicted octanol–water partition coefficient (Wildman–Crippen LogP) is 3.90. The molecule has 0 aliphatic heterocycles. The minimum Gasteiger partial charge on any atom is -0.390 e. The molecule has 168 valence electrons. The molecule has 5 heterocycles. The molecule has 0 bridgehead atoms. The van der Waals surface area contributed by atoms with E-state index < -0.39 is 0 Å². The number of pyridine rings is 2. The molecule has 0 amide bonds. The molecule has 0 aliphatic rings. The van der Waals surface area contributed by atoms with Crippen LogP contribution < -0.4 is 0 Å². The number of aliphatic hydroxyl groups is 1. The molecule has 0 fully saturated rings. The SMILES string of the molecule is Cc1cc(F)cc(-c2ccnc3[nH]c(-c4n[nH]c5ccc(-c6cn(C)nc6CO)nc45)nc23)c1. The minimum atomic E-state index is -0.302. The largest absolute Gasteiger partial charge is 0.390 e. The standard InChI is InChI=1S/C24H19FN8O/c1-12-7-13(9-14(25)8-12)15-5-6-26-23-20(15)28-24(29-23)22-21-18(30-31-22)4-3-17(27-21)16-10-33(2)32-19(16)11-34/h3-10,34H,11H2,1-2H3,(H,30,31)(H,26,28,29). The van der Waals surface area contributed by atoms with Gasteiger partial charge in [-0.3, -0.25) is 9.78 Å². The number of rotatable bonds is 4. The summed E-state index contributed by atoms with van der Waals surface area (Å²) in [5, 5.41) is 21.4. The van der Waals surface area contributed by atoms with Crippen molar-refractivity contribution in [1.82, 2.24) is 39.9 Å². The number of imidazole rings is 1. The molecule has 34 heavy (non-hydrogen) atoms. The van der Waals surface area contributed by atoms with E-state index in [1.807, 2.05) is 37.4 Å². The second kappa shape index (κ2) is 7.56. The van der Waals surface area contributed by atoms with Crippen LogP contribution in [0.5, 0.6) is 0 Å². The number of hydrogen-bond acceptors (Lipinski definition) is 6. The molecule has 6 rings (SSSR count). The highest BCUT2D eigenvalue weighted by Crippen LogP contribution is 2.32. The van der Waals surface area contributed by atoms with Crippen LogP contribution in [0.4, 0.5) is 4.39 Å². The Labute approximate surface area is 192 Å². The van der Waals surface area contributed by atoms with Crippen LogP contribution in [0.2, 0.25) is 0 Å². The average molecular weight is 454 g/mol. The molecular formula is C24H19FN8O. The molecule has 1 aromatic carbocycles. The van der Waals surface area contributed by atoms with Gasteiger partial charge in [-0.05, 0) is 48.4 Å². The Hall–Kier alpha value is -4.44. The summed E-state index contributed by atoms with van der Waals surface area (Å²) in [6.45, 7) is 1.66. The summed E-state index contributed by atoms with van der Waals surface area (Å²) in [4.78, 5) is 17.2. The molecule has 0 saturated carbocycles. The minimum absolute atomic E-state index is 0.189. The molecule has 0 aliphatic carbocycles. The molecule has 6 aromatic rings. The van der Waals surface area contributed by atoms with Crippen molar-refractivity contribution in [1.29, 1.82) is 0 Å². The summed E-state index contributed by atoms with van der Waals surface area (Å²) in [5.41, 5.74) is 7.34. The van der Waals surface area contributed by atoms with E-state index in [1.54, 1.807) is 17.9 Å². The fourth-order valence-corrected chi connectivity index (χ4v) is 4.23. The van der Waals surface area contributed by atoms with E-state index in [9.17, 15) is 9.50 Å². The lowest BCUT2D eigenvalue weighted by atomic mass is 10.0. The van der Waals surface area contributed by atoms with Crippen molar-refractivity contribution in [2.75, 3.05) is 0 Å². The fraction of sp³-hybridized carbons (Fsp3) is 0.125. The molecule has 0 unspecified atom stereocenters. The maximum absolute atomic E-state index is 14.1. The van der Waals surface area contributed by atoms with Gasteiger partial charge in [-0.15, -0.1) is 0 Å². The number of aromatic amines is 2. The third-order valence-electron chi connectivity index (χ3n) is 5.70. The summed E-state index contributed by atoms with van der Waals surface area (Å²) in [7, 11) is 1.80. The van der Waals surface area contributed by atoms with Gasteiger partial charge in [0.05, 0.1) is 23.5 Å². The quantitative estimate of drug-likeness (QED) is 0.371. The predicted molar refractivity (Wildman–Crippen MR) is 125 cm³/mol. The number of aryl methyl sites for hydroxylation is 2. The van der Waals surface area contributed by atoms with Crippen LogP contribution in [0, 0.1) is 12.7 Å². The zero-order valence-electron chi connectivity index (χ0n) is 18.3. The van der Waals surface area contributed by atoms with Crippen LogP contribution in [0.3, 0.4) is 0 Å². The highest BCUT2D eigenvalue weighted by molar-refractivity contribution is 5.95. The highest BCUT2D eigenvalue weighted by atomic mass is 19.1. The van der Waals surface area contributed by atoms with Gasteiger partial charge in [-0.2, -0.15) is 10.2 Å². The topological polar surface area (TPSA) is 121 Å². The Morgan fingerprint density at radius 3 is 2.76 bits per heavy atom. The smallest absolute Gasteiger partial charge is 0.162 e. The Bertz CT molecular complexity index is 1680. The van der Waals surface area contributed by atoms with E-state index in [0.717, 1.165) is 27.8 Å². The zero-order valence-corrected chi connectivity index (χ0v) is 18.3. The van der Waals surface area contributed by atoms with E-state index in [1.165, 1.54) is 12.1 Å². The van der Waals surface area contributed by atoms with Crippen LogP contribution in [-0.4, -0.2) is 45.0 Å². The lowest BCUT2D eigenvalue weighted by Gasteiger charge is -2.04. The monoisotopic (exact) mass is 454 g/mol. The van der Waals surface area contributed by atoms with Crippen molar-refractivity contribution >= 4 is 22.2 Å². The van der Waals surface area contributed by atoms with Crippen molar-refractivity contribution < 1.29 is 9.50 Å². The molecule has 5 aromatic heterocycles. The Morgan fingerprint density at radius 1 is 1.06 bits per heavy atom. The van der Waals surface area contributed by atoms with Crippen molar-refractivity contribution in [2.45, 2.75) is 13.5 Å². The molecule has 3 N–H and O–H groups in total. The van der Waals surface area contributed by atoms with Crippen LogP contribution >= 0.6 is 0 Å². The number of halogens is 1. The summed E-state index contributed by atoms with van der Waals surface area (Å²) in [6.07, 6.45) is 3.48. The number of aromatic nitrogens is 8. The molecule has 0 radical (unpaired) electrons. The number of nitrogens with zero attached hydrogens (tertiary/aromatic N) is 6. The number of aliphatic hydroxyl groups excluding tert-OH is 1. The van der Waals surface area contributed by atoms with Gasteiger partial charge in [0.15, 0.2) is 17.2 Å². The van der Waals surface area contributed by atoms with Gasteiger partial charge in [0, 0.05) is 30.6 Å². The Balaban J connectivity index is 1.51. The van der Waals surface area contributed by atoms with E-state index in [0.29, 0.717) is 39.6 Å². The Kier molecular flexibility index (Phi) is 4.49. The van der Waals surface area contributed by atoms with Crippen LogP contribution in [0.1, 0.15) is 11.3 Å². The summed E-state index contributed by atoms with van der Waals surface area (Å²) < 4.78 is 15.7. The van der Waals surface area contributed by atoms with Gasteiger partial charge in [-0.1, -0.05) is 6.07 Å². The molecule has 0 spiro atoms. The van der Waals surface area contributed by atoms with Gasteiger partial charge in [0.1, 0.15) is 16.9 Å². The number of H-pyrrole nitrogens is 2. The summed E-state index contributed by atoms with van der Waals surface area (Å²) in [6, 6.07) is 10.4. The van der Waals surface area contributed by atoms with Crippen LogP contribution in [-0.2, 0) is 13.7 Å². The van der Waals surface area contributed by atoms with Gasteiger partial charge >= 0.3 is 0 Å². The molecule has 10 heteroatoms. The second-order valence-electron chi connectivity index (χ2n) is 8.14. The van der Waals surface area contributed by atoms with Gasteiger partial charge in [0.25, 0.3) is 0 Å². The first-order valence-corrected chi connectivity index (χ1v) is 10.6. The van der Waals surface area contributed by atoms with Crippen LogP contribution in [0.15, 0.2) is 48.8 Å². The molecular weight excluding hydrogens is 435 g/mol. The van der Waals surface area contributed by atoms with E-state index in [2.05, 4.69) is 25.3 Å². The summed E-state index contributed by atoms with van der Waals surface area (Å²) in [5.74, 6) is 0.191. The third kappa shape index (κ3) is 3.23. The normalized spacial score (nSPS) is 11.6. The Morgan fingerprint density at radius 2 is 1.94 bits per heavy atom. The first-order chi connectivity index (χ1) is 16.5. The van der Waals surface area contributed by atoms with Gasteiger partial charge in [0.2, 0.25) is 0 Å². The van der Waals surface area contributed by atoms with Gasteiger partial charge < -0.3 is 10.1 Å². The fourth-order valence-electron chi connectivity index (χ4n) is 4.23. The highest BCUT2D eigenvalue weighted by Gasteiger charge is 2.19. The van der Waals surface area contributed by atoms with Crippen molar-refractivity contribution in [2.24, 2.45) is 7.05 Å². The van der Waals surface area contributed by atoms with Crippen molar-refractivity contribution in [3.63, 3.8) is 0 Å². The molecule has 0 atom stereocenters. The molecule has 0 saturated heterocycles. The van der Waals surface area contributed by atoms with E-state index in [4.69, 9.17) is 9.97 Å². The number of hydrogen-bond donors (Lipinski definition) is 3. The number of benzene rings is 1. The number of fused-ring (bicyclic) bond motifs is 2. The lowest BCUT2D eigenvalue weighted by Crippen LogP contribution is -1.92. The maximum atomic E-state index is 14.1. The first-order valence-electron chi connectivity index (χ1n) is 10.6. The maximum Gasteiger partial charge on any atom is 0.162 e. The average Bonchev–Trinajstić information content (AvgIpc) is 3.53. The van der Waals surface area contributed by atoms with E-state index >= 15 is 0 Å². The van der Waals surface area contributed by atoms with Crippen LogP contribution in [0.25, 0.3) is 56.1 Å². The van der Waals surface area contributed by atoms with Gasteiger partial charge in [-0.25, -0.2) is 19.3 Å². The first kappa shape index (κ1) is 20.2. The summed E-state index contributed by atoms with van der Waals surface area (Å²) >= 11 is 0. The number of nitrogens with one attached hydrogen (secondary N) is 2. The third-order valence-corrected chi connectivity index (χ3v) is 5.70. The lowest BCUT2D eigenvalue weighted by molar-refractivity contribution is 0.276. The second-order valence-corrected chi connectivity index (χ2v) is 8.14.